The van der Waals surface area contributed by atoms with Crippen LogP contribution in [0.25, 0.3) is 0 Å². The number of aryl methyl sites for hydroxylation is 1. The molecule has 8 nitrogen and oxygen atoms in total. The predicted octanol–water partition coefficient (Wildman–Crippen LogP) is 1.37. The first-order valence-corrected chi connectivity index (χ1v) is 9.60. The van der Waals surface area contributed by atoms with Crippen LogP contribution in [-0.2, 0) is 27.3 Å². The molecule has 1 saturated carbocycles. The fraction of sp³-hybridized carbons (Fsp3) is 0.684. The number of hydrogen-bond acceptors (Lipinski definition) is 6. The van der Waals surface area contributed by atoms with Gasteiger partial charge in [0, 0.05) is 6.04 Å². The van der Waals surface area contributed by atoms with E-state index >= 15 is 0 Å². The minimum atomic E-state index is -0.621. The molecule has 1 aromatic rings. The average Bonchev–Trinajstić information content (AvgIpc) is 3.08. The molecule has 0 spiro atoms. The van der Waals surface area contributed by atoms with E-state index in [0.29, 0.717) is 24.2 Å². The predicted molar refractivity (Wildman–Crippen MR) is 100 cm³/mol. The van der Waals surface area contributed by atoms with Crippen LogP contribution in [0.5, 0.6) is 0 Å². The molecule has 148 valence electrons. The molecule has 0 bridgehead atoms. The number of carbonyl (C=O) groups excluding carboxylic acids is 2. The summed E-state index contributed by atoms with van der Waals surface area (Å²) in [5.74, 6) is -0.577. The summed E-state index contributed by atoms with van der Waals surface area (Å²) < 4.78 is 6.48. The molecular formula is C19H28N4O4. The summed E-state index contributed by atoms with van der Waals surface area (Å²) in [4.78, 5) is 41.6. The molecular weight excluding hydrogens is 348 g/mol. The molecule has 8 heteroatoms. The normalized spacial score (nSPS) is 19.9. The second-order valence-electron chi connectivity index (χ2n) is 8.31. The summed E-state index contributed by atoms with van der Waals surface area (Å²) in [5, 5.41) is 6.11. The number of carbonyl (C=O) groups is 2. The number of esters is 1. The molecule has 27 heavy (non-hydrogen) atoms. The van der Waals surface area contributed by atoms with Crippen molar-refractivity contribution in [1.82, 2.24) is 14.9 Å². The Balaban J connectivity index is 1.70. The van der Waals surface area contributed by atoms with Crippen LogP contribution in [0.15, 0.2) is 11.1 Å². The Morgan fingerprint density at radius 2 is 2.00 bits per heavy atom. The third-order valence-electron chi connectivity index (χ3n) is 4.84. The molecule has 1 fully saturated rings. The monoisotopic (exact) mass is 376 g/mol. The molecule has 1 amide bonds. The van der Waals surface area contributed by atoms with Crippen molar-refractivity contribution in [2.45, 2.75) is 83.5 Å². The lowest BCUT2D eigenvalue weighted by Gasteiger charge is -2.26. The molecule has 2 N–H and O–H groups in total. The van der Waals surface area contributed by atoms with Gasteiger partial charge in [-0.2, -0.15) is 0 Å². The lowest BCUT2D eigenvalue weighted by molar-refractivity contribution is -0.155. The first-order valence-electron chi connectivity index (χ1n) is 9.60. The van der Waals surface area contributed by atoms with Crippen molar-refractivity contribution in [2.75, 3.05) is 5.32 Å². The van der Waals surface area contributed by atoms with Crippen molar-refractivity contribution < 1.29 is 14.3 Å². The number of nitrogens with one attached hydrogen (secondary N) is 2. The van der Waals surface area contributed by atoms with Crippen molar-refractivity contribution in [3.8, 4) is 0 Å². The molecule has 2 heterocycles. The molecule has 1 aromatic heterocycles. The van der Waals surface area contributed by atoms with Crippen LogP contribution in [0.3, 0.4) is 0 Å². The Kier molecular flexibility index (Phi) is 5.53. The third kappa shape index (κ3) is 4.87. The van der Waals surface area contributed by atoms with E-state index in [1.54, 1.807) is 20.8 Å². The van der Waals surface area contributed by atoms with Gasteiger partial charge in [-0.3, -0.25) is 19.0 Å². The number of rotatable bonds is 4. The molecule has 3 rings (SSSR count). The van der Waals surface area contributed by atoms with Gasteiger partial charge >= 0.3 is 5.97 Å². The van der Waals surface area contributed by atoms with Gasteiger partial charge in [-0.25, -0.2) is 4.98 Å². The van der Waals surface area contributed by atoms with E-state index in [2.05, 4.69) is 15.6 Å². The number of hydrogen-bond donors (Lipinski definition) is 2. The van der Waals surface area contributed by atoms with Crippen LogP contribution in [0.2, 0.25) is 0 Å². The first-order chi connectivity index (χ1) is 12.7. The standard InChI is InChI=1S/C19H28N4O4/c1-19(2,3)27-15(24)10-23-11-20-13-8-9-14(22-16(13)18(23)26)17(25)21-12-6-4-5-7-12/h11-12,14,22H,4-10H2,1-3H3,(H,21,25). The van der Waals surface area contributed by atoms with E-state index in [9.17, 15) is 14.4 Å². The second-order valence-corrected chi connectivity index (χ2v) is 8.31. The van der Waals surface area contributed by atoms with Gasteiger partial charge in [0.2, 0.25) is 5.91 Å². The van der Waals surface area contributed by atoms with Crippen LogP contribution >= 0.6 is 0 Å². The Morgan fingerprint density at radius 1 is 1.30 bits per heavy atom. The topological polar surface area (TPSA) is 102 Å². The Hall–Kier alpha value is -2.38. The number of ether oxygens (including phenoxy) is 1. The smallest absolute Gasteiger partial charge is 0.326 e. The van der Waals surface area contributed by atoms with Gasteiger partial charge < -0.3 is 15.4 Å². The highest BCUT2D eigenvalue weighted by atomic mass is 16.6. The SMILES string of the molecule is CC(C)(C)OC(=O)Cn1cnc2c(c1=O)NC(C(=O)NC1CCCC1)CC2. The van der Waals surface area contributed by atoms with E-state index in [1.165, 1.54) is 10.9 Å². The van der Waals surface area contributed by atoms with E-state index in [1.807, 2.05) is 0 Å². The maximum absolute atomic E-state index is 12.7. The maximum Gasteiger partial charge on any atom is 0.326 e. The van der Waals surface area contributed by atoms with Crippen molar-refractivity contribution in [3.63, 3.8) is 0 Å². The van der Waals surface area contributed by atoms with Gasteiger partial charge in [0.1, 0.15) is 23.9 Å². The molecule has 0 aromatic carbocycles. The van der Waals surface area contributed by atoms with Crippen LogP contribution in [0.1, 0.15) is 58.6 Å². The Morgan fingerprint density at radius 3 is 2.67 bits per heavy atom. The summed E-state index contributed by atoms with van der Waals surface area (Å²) in [7, 11) is 0. The van der Waals surface area contributed by atoms with Gasteiger partial charge in [-0.1, -0.05) is 12.8 Å². The molecule has 0 radical (unpaired) electrons. The fourth-order valence-electron chi connectivity index (χ4n) is 3.58. The summed E-state index contributed by atoms with van der Waals surface area (Å²) in [6, 6.07) is -0.219. The average molecular weight is 376 g/mol. The highest BCUT2D eigenvalue weighted by Gasteiger charge is 2.29. The molecule has 0 saturated heterocycles. The van der Waals surface area contributed by atoms with E-state index < -0.39 is 17.6 Å². The van der Waals surface area contributed by atoms with E-state index in [-0.39, 0.29) is 24.1 Å². The number of fused-ring (bicyclic) bond motifs is 1. The highest BCUT2D eigenvalue weighted by Crippen LogP contribution is 2.21. The second kappa shape index (κ2) is 7.70. The van der Waals surface area contributed by atoms with E-state index in [0.717, 1.165) is 25.7 Å². The quantitative estimate of drug-likeness (QED) is 0.770. The molecule has 1 unspecified atom stereocenters. The van der Waals surface area contributed by atoms with Crippen molar-refractivity contribution in [1.29, 1.82) is 0 Å². The zero-order valence-corrected chi connectivity index (χ0v) is 16.2. The lowest BCUT2D eigenvalue weighted by atomic mass is 10.0. The minimum Gasteiger partial charge on any atom is -0.459 e. The molecule has 1 aliphatic heterocycles. The van der Waals surface area contributed by atoms with Crippen LogP contribution < -0.4 is 16.2 Å². The third-order valence-corrected chi connectivity index (χ3v) is 4.84. The van der Waals surface area contributed by atoms with Gasteiger partial charge in [0.25, 0.3) is 5.56 Å². The summed E-state index contributed by atoms with van der Waals surface area (Å²) in [6.07, 6.45) is 6.82. The van der Waals surface area contributed by atoms with Gasteiger partial charge in [-0.05, 0) is 46.5 Å². The van der Waals surface area contributed by atoms with Crippen LogP contribution in [0.4, 0.5) is 5.69 Å². The minimum absolute atomic E-state index is 0.0745. The number of nitrogens with zero attached hydrogens (tertiary/aromatic N) is 2. The van der Waals surface area contributed by atoms with Crippen molar-refractivity contribution in [3.05, 3.63) is 22.4 Å². The molecule has 1 aliphatic carbocycles. The number of aromatic nitrogens is 2. The fourth-order valence-corrected chi connectivity index (χ4v) is 3.58. The Labute approximate surface area is 158 Å². The summed E-state index contributed by atoms with van der Waals surface area (Å²) in [5.41, 5.74) is -0.0438. The first kappa shape index (κ1) is 19.4. The molecule has 2 aliphatic rings. The highest BCUT2D eigenvalue weighted by molar-refractivity contribution is 5.85. The lowest BCUT2D eigenvalue weighted by Crippen LogP contribution is -2.47. The zero-order chi connectivity index (χ0) is 19.6. The van der Waals surface area contributed by atoms with E-state index in [4.69, 9.17) is 4.74 Å². The summed E-state index contributed by atoms with van der Waals surface area (Å²) >= 11 is 0. The van der Waals surface area contributed by atoms with Crippen LogP contribution in [-0.4, -0.2) is 39.1 Å². The van der Waals surface area contributed by atoms with Gasteiger partial charge in [0.15, 0.2) is 0 Å². The van der Waals surface area contributed by atoms with Crippen LogP contribution in [0, 0.1) is 0 Å². The van der Waals surface area contributed by atoms with Gasteiger partial charge in [-0.15, -0.1) is 0 Å². The van der Waals surface area contributed by atoms with Crippen molar-refractivity contribution in [2.24, 2.45) is 0 Å². The Bertz CT molecular complexity index is 775. The number of anilines is 1. The summed E-state index contributed by atoms with van der Waals surface area (Å²) in [6.45, 7) is 5.10. The zero-order valence-electron chi connectivity index (χ0n) is 16.2. The van der Waals surface area contributed by atoms with Crippen molar-refractivity contribution >= 4 is 17.6 Å². The molecule has 1 atom stereocenters. The number of amides is 1. The maximum atomic E-state index is 12.7. The largest absolute Gasteiger partial charge is 0.459 e. The van der Waals surface area contributed by atoms with Gasteiger partial charge in [0.05, 0.1) is 12.0 Å².